The number of ether oxygens (including phenoxy) is 1. The lowest BCUT2D eigenvalue weighted by atomic mass is 10.2. The first-order chi connectivity index (χ1) is 12.7. The number of carboxylic acid groups (broad SMARTS) is 1. The summed E-state index contributed by atoms with van der Waals surface area (Å²) in [6.45, 7) is 2.99. The van der Waals surface area contributed by atoms with E-state index in [9.17, 15) is 9.90 Å². The normalized spacial score (nSPS) is 10.3. The van der Waals surface area contributed by atoms with E-state index in [0.717, 1.165) is 16.9 Å². The lowest BCUT2D eigenvalue weighted by Crippen LogP contribution is -2.10. The van der Waals surface area contributed by atoms with E-state index < -0.39 is 5.97 Å². The summed E-state index contributed by atoms with van der Waals surface area (Å²) in [6.07, 6.45) is 1.33. The number of aromatic nitrogens is 2. The number of benzene rings is 2. The van der Waals surface area contributed by atoms with Gasteiger partial charge >= 0.3 is 5.97 Å². The van der Waals surface area contributed by atoms with Gasteiger partial charge in [0.15, 0.2) is 5.82 Å². The number of hydrogen-bond acceptors (Lipinski definition) is 5. The molecule has 6 heteroatoms. The van der Waals surface area contributed by atoms with E-state index in [2.05, 4.69) is 15.3 Å². The molecular weight excluding hydrogens is 330 g/mol. The van der Waals surface area contributed by atoms with Gasteiger partial charge in [-0.25, -0.2) is 14.8 Å². The quantitative estimate of drug-likeness (QED) is 0.674. The average Bonchev–Trinajstić information content (AvgIpc) is 2.68. The van der Waals surface area contributed by atoms with Crippen molar-refractivity contribution in [1.29, 1.82) is 0 Å². The van der Waals surface area contributed by atoms with Gasteiger partial charge < -0.3 is 15.2 Å². The van der Waals surface area contributed by atoms with E-state index >= 15 is 0 Å². The molecule has 0 amide bonds. The molecule has 1 aromatic heterocycles. The SMILES string of the molecule is CCOc1ccc(-c2ncc(C(=O)O)c(NCc3ccccc3)n2)cc1. The lowest BCUT2D eigenvalue weighted by molar-refractivity contribution is 0.0697. The fraction of sp³-hybridized carbons (Fsp3) is 0.150. The summed E-state index contributed by atoms with van der Waals surface area (Å²) in [5, 5.41) is 12.5. The van der Waals surface area contributed by atoms with Gasteiger partial charge in [-0.2, -0.15) is 0 Å². The summed E-state index contributed by atoms with van der Waals surface area (Å²) in [5.74, 6) is 0.438. The number of anilines is 1. The minimum Gasteiger partial charge on any atom is -0.494 e. The second-order valence-corrected chi connectivity index (χ2v) is 5.56. The van der Waals surface area contributed by atoms with Crippen LogP contribution in [0.1, 0.15) is 22.8 Å². The molecule has 0 radical (unpaired) electrons. The third kappa shape index (κ3) is 4.16. The van der Waals surface area contributed by atoms with Crippen LogP contribution in [-0.2, 0) is 6.54 Å². The van der Waals surface area contributed by atoms with Gasteiger partial charge in [-0.05, 0) is 36.8 Å². The maximum Gasteiger partial charge on any atom is 0.341 e. The molecule has 2 aromatic carbocycles. The predicted molar refractivity (Wildman–Crippen MR) is 99.4 cm³/mol. The molecule has 0 aliphatic carbocycles. The number of carboxylic acids is 1. The van der Waals surface area contributed by atoms with Crippen LogP contribution >= 0.6 is 0 Å². The first kappa shape index (κ1) is 17.4. The Kier molecular flexibility index (Phi) is 5.43. The van der Waals surface area contributed by atoms with Gasteiger partial charge in [0, 0.05) is 18.3 Å². The number of rotatable bonds is 7. The zero-order valence-corrected chi connectivity index (χ0v) is 14.3. The van der Waals surface area contributed by atoms with Crippen molar-refractivity contribution >= 4 is 11.8 Å². The third-order valence-electron chi connectivity index (χ3n) is 3.75. The topological polar surface area (TPSA) is 84.3 Å². The van der Waals surface area contributed by atoms with Gasteiger partial charge in [0.2, 0.25) is 0 Å². The van der Waals surface area contributed by atoms with E-state index in [-0.39, 0.29) is 5.56 Å². The smallest absolute Gasteiger partial charge is 0.341 e. The second kappa shape index (κ2) is 8.11. The molecule has 0 spiro atoms. The largest absolute Gasteiger partial charge is 0.494 e. The highest BCUT2D eigenvalue weighted by Crippen LogP contribution is 2.22. The molecular formula is C20H19N3O3. The van der Waals surface area contributed by atoms with E-state index in [1.165, 1.54) is 6.20 Å². The molecule has 0 fully saturated rings. The van der Waals surface area contributed by atoms with Gasteiger partial charge in [0.1, 0.15) is 17.1 Å². The summed E-state index contributed by atoms with van der Waals surface area (Å²) in [5.41, 5.74) is 1.86. The Bertz CT molecular complexity index is 881. The van der Waals surface area contributed by atoms with E-state index in [1.54, 1.807) is 0 Å². The number of aromatic carboxylic acids is 1. The van der Waals surface area contributed by atoms with Crippen molar-refractivity contribution in [2.24, 2.45) is 0 Å². The van der Waals surface area contributed by atoms with Gasteiger partial charge in [0.05, 0.1) is 6.61 Å². The summed E-state index contributed by atoms with van der Waals surface area (Å²) in [7, 11) is 0. The first-order valence-electron chi connectivity index (χ1n) is 8.28. The number of carbonyl (C=O) groups is 1. The monoisotopic (exact) mass is 349 g/mol. The van der Waals surface area contributed by atoms with Crippen molar-refractivity contribution in [2.75, 3.05) is 11.9 Å². The summed E-state index contributed by atoms with van der Waals surface area (Å²) in [6, 6.07) is 17.1. The number of hydrogen-bond donors (Lipinski definition) is 2. The molecule has 0 aliphatic heterocycles. The van der Waals surface area contributed by atoms with Gasteiger partial charge in [-0.15, -0.1) is 0 Å². The fourth-order valence-corrected chi connectivity index (χ4v) is 2.46. The van der Waals surface area contributed by atoms with Crippen molar-refractivity contribution < 1.29 is 14.6 Å². The molecule has 0 unspecified atom stereocenters. The molecule has 1 heterocycles. The zero-order chi connectivity index (χ0) is 18.4. The standard InChI is InChI=1S/C20H19N3O3/c1-2-26-16-10-8-15(9-11-16)18-22-13-17(20(24)25)19(23-18)21-12-14-6-4-3-5-7-14/h3-11,13H,2,12H2,1H3,(H,24,25)(H,21,22,23). The molecule has 0 aliphatic rings. The first-order valence-corrected chi connectivity index (χ1v) is 8.28. The Morgan fingerprint density at radius 1 is 1.12 bits per heavy atom. The van der Waals surface area contributed by atoms with Crippen LogP contribution in [0.25, 0.3) is 11.4 Å². The molecule has 6 nitrogen and oxygen atoms in total. The van der Waals surface area contributed by atoms with Crippen LogP contribution in [0.5, 0.6) is 5.75 Å². The molecule has 0 saturated heterocycles. The summed E-state index contributed by atoms with van der Waals surface area (Å²) in [4.78, 5) is 20.1. The number of nitrogens with zero attached hydrogens (tertiary/aromatic N) is 2. The van der Waals surface area contributed by atoms with Crippen molar-refractivity contribution in [2.45, 2.75) is 13.5 Å². The van der Waals surface area contributed by atoms with Crippen LogP contribution in [0.4, 0.5) is 5.82 Å². The Morgan fingerprint density at radius 3 is 2.50 bits per heavy atom. The molecule has 0 bridgehead atoms. The van der Waals surface area contributed by atoms with Crippen LogP contribution < -0.4 is 10.1 Å². The van der Waals surface area contributed by atoms with Crippen LogP contribution in [0, 0.1) is 0 Å². The highest BCUT2D eigenvalue weighted by atomic mass is 16.5. The van der Waals surface area contributed by atoms with Crippen molar-refractivity contribution in [1.82, 2.24) is 9.97 Å². The fourth-order valence-electron chi connectivity index (χ4n) is 2.46. The minimum absolute atomic E-state index is 0.0376. The third-order valence-corrected chi connectivity index (χ3v) is 3.75. The molecule has 3 rings (SSSR count). The predicted octanol–water partition coefficient (Wildman–Crippen LogP) is 3.85. The molecule has 3 aromatic rings. The Hall–Kier alpha value is -3.41. The lowest BCUT2D eigenvalue weighted by Gasteiger charge is -2.10. The van der Waals surface area contributed by atoms with E-state index in [1.807, 2.05) is 61.5 Å². The Labute approximate surface area is 151 Å². The van der Waals surface area contributed by atoms with Gasteiger partial charge in [0.25, 0.3) is 0 Å². The molecule has 2 N–H and O–H groups in total. The van der Waals surface area contributed by atoms with Gasteiger partial charge in [-0.3, -0.25) is 0 Å². The van der Waals surface area contributed by atoms with Crippen molar-refractivity contribution in [3.63, 3.8) is 0 Å². The maximum atomic E-state index is 11.5. The van der Waals surface area contributed by atoms with Crippen LogP contribution in [0.2, 0.25) is 0 Å². The van der Waals surface area contributed by atoms with Crippen molar-refractivity contribution in [3.05, 3.63) is 71.9 Å². The summed E-state index contributed by atoms with van der Waals surface area (Å²) >= 11 is 0. The Balaban J connectivity index is 1.86. The minimum atomic E-state index is -1.07. The highest BCUT2D eigenvalue weighted by molar-refractivity contribution is 5.93. The molecule has 26 heavy (non-hydrogen) atoms. The van der Waals surface area contributed by atoms with E-state index in [0.29, 0.717) is 24.8 Å². The second-order valence-electron chi connectivity index (χ2n) is 5.56. The average molecular weight is 349 g/mol. The highest BCUT2D eigenvalue weighted by Gasteiger charge is 2.14. The van der Waals surface area contributed by atoms with Gasteiger partial charge in [-0.1, -0.05) is 30.3 Å². The molecule has 0 atom stereocenters. The molecule has 132 valence electrons. The zero-order valence-electron chi connectivity index (χ0n) is 14.3. The molecule has 0 saturated carbocycles. The number of nitrogens with one attached hydrogen (secondary N) is 1. The summed E-state index contributed by atoms with van der Waals surface area (Å²) < 4.78 is 5.43. The van der Waals surface area contributed by atoms with Crippen LogP contribution in [-0.4, -0.2) is 27.7 Å². The van der Waals surface area contributed by atoms with Crippen molar-refractivity contribution in [3.8, 4) is 17.1 Å². The van der Waals surface area contributed by atoms with E-state index in [4.69, 9.17) is 4.74 Å². The Morgan fingerprint density at radius 2 is 1.85 bits per heavy atom. The maximum absolute atomic E-state index is 11.5. The van der Waals surface area contributed by atoms with Crippen LogP contribution in [0.15, 0.2) is 60.8 Å². The van der Waals surface area contributed by atoms with Crippen LogP contribution in [0.3, 0.4) is 0 Å².